The Morgan fingerprint density at radius 1 is 1.29 bits per heavy atom. The van der Waals surface area contributed by atoms with Gasteiger partial charge in [-0.25, -0.2) is 4.39 Å². The summed E-state index contributed by atoms with van der Waals surface area (Å²) in [5.41, 5.74) is 0.612. The zero-order chi connectivity index (χ0) is 12.8. The fourth-order valence-electron chi connectivity index (χ4n) is 1.22. The highest BCUT2D eigenvalue weighted by molar-refractivity contribution is 9.10. The van der Waals surface area contributed by atoms with Crippen LogP contribution < -0.4 is 5.32 Å². The number of carbonyl (C=O) groups excluding carboxylic acids is 1. The van der Waals surface area contributed by atoms with E-state index in [2.05, 4.69) is 21.2 Å². The lowest BCUT2D eigenvalue weighted by Crippen LogP contribution is -2.23. The summed E-state index contributed by atoms with van der Waals surface area (Å²) >= 11 is 3.14. The van der Waals surface area contributed by atoms with Crippen LogP contribution in [0.5, 0.6) is 0 Å². The minimum absolute atomic E-state index is 0.0776. The highest BCUT2D eigenvalue weighted by Gasteiger charge is 2.05. The summed E-state index contributed by atoms with van der Waals surface area (Å²) in [5.74, 6) is -1.78. The Hall–Kier alpha value is -1.43. The molecule has 0 aromatic heterocycles. The predicted molar refractivity (Wildman–Crippen MR) is 62.8 cm³/mol. The van der Waals surface area contributed by atoms with Crippen LogP contribution in [0.2, 0.25) is 0 Å². The van der Waals surface area contributed by atoms with Crippen LogP contribution in [0.4, 0.5) is 4.39 Å². The lowest BCUT2D eigenvalue weighted by atomic mass is 10.2. The average Bonchev–Trinajstić information content (AvgIpc) is 2.22. The first-order valence-corrected chi connectivity index (χ1v) is 5.70. The van der Waals surface area contributed by atoms with Crippen LogP contribution in [-0.2, 0) is 16.1 Å². The van der Waals surface area contributed by atoms with Crippen molar-refractivity contribution in [2.45, 2.75) is 19.4 Å². The molecular weight excluding hydrogens is 293 g/mol. The Bertz CT molecular complexity index is 416. The monoisotopic (exact) mass is 303 g/mol. The first kappa shape index (κ1) is 13.6. The van der Waals surface area contributed by atoms with Gasteiger partial charge in [0, 0.05) is 17.4 Å². The Balaban J connectivity index is 2.44. The van der Waals surface area contributed by atoms with Crippen molar-refractivity contribution in [2.24, 2.45) is 0 Å². The van der Waals surface area contributed by atoms with Gasteiger partial charge in [-0.2, -0.15) is 0 Å². The number of benzene rings is 1. The third-order valence-electron chi connectivity index (χ3n) is 1.98. The number of rotatable bonds is 5. The molecule has 0 radical (unpaired) electrons. The van der Waals surface area contributed by atoms with Crippen molar-refractivity contribution in [1.82, 2.24) is 5.32 Å². The Labute approximate surface area is 106 Å². The zero-order valence-electron chi connectivity index (χ0n) is 8.87. The zero-order valence-corrected chi connectivity index (χ0v) is 10.5. The second-order valence-electron chi connectivity index (χ2n) is 3.45. The standard InChI is InChI=1S/C11H11BrFNO3/c12-8-3-7(4-9(13)5-8)6-14-10(15)1-2-11(16)17/h3-5H,1-2,6H2,(H,14,15)(H,16,17). The van der Waals surface area contributed by atoms with E-state index in [1.165, 1.54) is 12.1 Å². The molecule has 0 saturated heterocycles. The maximum atomic E-state index is 13.0. The van der Waals surface area contributed by atoms with Crippen LogP contribution in [0, 0.1) is 5.82 Å². The molecule has 1 aromatic rings. The van der Waals surface area contributed by atoms with Crippen LogP contribution in [0.3, 0.4) is 0 Å². The molecule has 4 nitrogen and oxygen atoms in total. The van der Waals surface area contributed by atoms with Gasteiger partial charge in [0.15, 0.2) is 0 Å². The average molecular weight is 304 g/mol. The van der Waals surface area contributed by atoms with Crippen molar-refractivity contribution in [1.29, 1.82) is 0 Å². The van der Waals surface area contributed by atoms with Gasteiger partial charge < -0.3 is 10.4 Å². The minimum Gasteiger partial charge on any atom is -0.481 e. The summed E-state index contributed by atoms with van der Waals surface area (Å²) in [6, 6.07) is 4.30. The normalized spacial score (nSPS) is 10.0. The number of carbonyl (C=O) groups is 2. The van der Waals surface area contributed by atoms with Gasteiger partial charge in [0.1, 0.15) is 5.82 Å². The van der Waals surface area contributed by atoms with E-state index in [0.29, 0.717) is 10.0 Å². The van der Waals surface area contributed by atoms with Crippen molar-refractivity contribution in [3.63, 3.8) is 0 Å². The number of hydrogen-bond acceptors (Lipinski definition) is 2. The number of nitrogens with one attached hydrogen (secondary N) is 1. The summed E-state index contributed by atoms with van der Waals surface area (Å²) in [6.45, 7) is 0.175. The third kappa shape index (κ3) is 5.44. The second-order valence-corrected chi connectivity index (χ2v) is 4.36. The van der Waals surface area contributed by atoms with Crippen LogP contribution in [0.15, 0.2) is 22.7 Å². The van der Waals surface area contributed by atoms with Gasteiger partial charge in [-0.05, 0) is 23.8 Å². The molecule has 0 bridgehead atoms. The topological polar surface area (TPSA) is 66.4 Å². The van der Waals surface area contributed by atoms with E-state index in [9.17, 15) is 14.0 Å². The van der Waals surface area contributed by atoms with Gasteiger partial charge in [-0.1, -0.05) is 15.9 Å². The van der Waals surface area contributed by atoms with Gasteiger partial charge in [-0.15, -0.1) is 0 Å². The molecule has 2 N–H and O–H groups in total. The molecule has 0 heterocycles. The third-order valence-corrected chi connectivity index (χ3v) is 2.44. The van der Waals surface area contributed by atoms with E-state index in [0.717, 1.165) is 0 Å². The molecule has 0 aliphatic rings. The van der Waals surface area contributed by atoms with Crippen LogP contribution >= 0.6 is 15.9 Å². The quantitative estimate of drug-likeness (QED) is 0.875. The Morgan fingerprint density at radius 3 is 2.59 bits per heavy atom. The maximum absolute atomic E-state index is 13.0. The number of hydrogen-bond donors (Lipinski definition) is 2. The van der Waals surface area contributed by atoms with E-state index in [1.807, 2.05) is 0 Å². The number of amides is 1. The highest BCUT2D eigenvalue weighted by atomic mass is 79.9. The largest absolute Gasteiger partial charge is 0.481 e. The van der Waals surface area contributed by atoms with E-state index < -0.39 is 11.8 Å². The molecule has 0 unspecified atom stereocenters. The highest BCUT2D eigenvalue weighted by Crippen LogP contribution is 2.14. The van der Waals surface area contributed by atoms with Gasteiger partial charge in [0.25, 0.3) is 0 Å². The summed E-state index contributed by atoms with van der Waals surface area (Å²) < 4.78 is 13.6. The van der Waals surface area contributed by atoms with Gasteiger partial charge in [0.05, 0.1) is 6.42 Å². The second kappa shape index (κ2) is 6.34. The van der Waals surface area contributed by atoms with Gasteiger partial charge in [0.2, 0.25) is 5.91 Å². The lowest BCUT2D eigenvalue weighted by molar-refractivity contribution is -0.138. The van der Waals surface area contributed by atoms with Crippen molar-refractivity contribution in [3.8, 4) is 0 Å². The van der Waals surface area contributed by atoms with Crippen LogP contribution in [-0.4, -0.2) is 17.0 Å². The summed E-state index contributed by atoms with van der Waals surface area (Å²) in [5, 5.41) is 10.9. The first-order valence-electron chi connectivity index (χ1n) is 4.91. The summed E-state index contributed by atoms with van der Waals surface area (Å²) in [7, 11) is 0. The molecule has 6 heteroatoms. The maximum Gasteiger partial charge on any atom is 0.303 e. The Kier molecular flexibility index (Phi) is 5.09. The number of carboxylic acid groups (broad SMARTS) is 1. The molecule has 0 saturated carbocycles. The first-order chi connectivity index (χ1) is 7.97. The van der Waals surface area contributed by atoms with Crippen molar-refractivity contribution < 1.29 is 19.1 Å². The Morgan fingerprint density at radius 2 is 2.00 bits per heavy atom. The smallest absolute Gasteiger partial charge is 0.303 e. The predicted octanol–water partition coefficient (Wildman–Crippen LogP) is 2.07. The van der Waals surface area contributed by atoms with E-state index in [1.54, 1.807) is 6.07 Å². The fraction of sp³-hybridized carbons (Fsp3) is 0.273. The van der Waals surface area contributed by atoms with Crippen LogP contribution in [0.1, 0.15) is 18.4 Å². The van der Waals surface area contributed by atoms with E-state index >= 15 is 0 Å². The molecule has 92 valence electrons. The molecular formula is C11H11BrFNO3. The fourth-order valence-corrected chi connectivity index (χ4v) is 1.74. The molecule has 0 fully saturated rings. The van der Waals surface area contributed by atoms with Crippen molar-refractivity contribution >= 4 is 27.8 Å². The molecule has 1 amide bonds. The van der Waals surface area contributed by atoms with Gasteiger partial charge >= 0.3 is 5.97 Å². The number of aliphatic carboxylic acids is 1. The summed E-state index contributed by atoms with van der Waals surface area (Å²) in [4.78, 5) is 21.4. The molecule has 0 aliphatic heterocycles. The van der Waals surface area contributed by atoms with Crippen molar-refractivity contribution in [2.75, 3.05) is 0 Å². The summed E-state index contributed by atoms with van der Waals surface area (Å²) in [6.07, 6.45) is -0.287. The number of halogens is 2. The number of carboxylic acids is 1. The lowest BCUT2D eigenvalue weighted by Gasteiger charge is -2.05. The molecule has 1 rings (SSSR count). The van der Waals surface area contributed by atoms with E-state index in [-0.39, 0.29) is 25.3 Å². The van der Waals surface area contributed by atoms with Crippen molar-refractivity contribution in [3.05, 3.63) is 34.1 Å². The minimum atomic E-state index is -1.02. The molecule has 0 aliphatic carbocycles. The van der Waals surface area contributed by atoms with E-state index in [4.69, 9.17) is 5.11 Å². The molecule has 17 heavy (non-hydrogen) atoms. The van der Waals surface area contributed by atoms with Gasteiger partial charge in [-0.3, -0.25) is 9.59 Å². The van der Waals surface area contributed by atoms with Crippen LogP contribution in [0.25, 0.3) is 0 Å². The molecule has 0 atom stereocenters. The SMILES string of the molecule is O=C(O)CCC(=O)NCc1cc(F)cc(Br)c1. The molecule has 0 spiro atoms. The molecule has 1 aromatic carbocycles.